The molecule has 0 radical (unpaired) electrons. The van der Waals surface area contributed by atoms with Crippen LogP contribution in [0.2, 0.25) is 0 Å². The van der Waals surface area contributed by atoms with Gasteiger partial charge in [-0.2, -0.15) is 0 Å². The maximum absolute atomic E-state index is 12.1. The molecular weight excluding hydrogens is 392 g/mol. The quantitative estimate of drug-likeness (QED) is 0.165. The molecule has 5 heteroatoms. The van der Waals surface area contributed by atoms with Crippen molar-refractivity contribution in [3.05, 3.63) is 36.4 Å². The molecule has 0 aliphatic heterocycles. The lowest BCUT2D eigenvalue weighted by molar-refractivity contribution is -0.119. The summed E-state index contributed by atoms with van der Waals surface area (Å²) in [6.45, 7) is 8.45. The average Bonchev–Trinajstić information content (AvgIpc) is 2.71. The van der Waals surface area contributed by atoms with Crippen molar-refractivity contribution >= 4 is 28.9 Å². The monoisotopic (exact) mass is 432 g/mol. The zero-order valence-corrected chi connectivity index (χ0v) is 19.8. The Kier molecular flexibility index (Phi) is 14.7. The maximum Gasteiger partial charge on any atom is 0.226 e. The molecule has 168 valence electrons. The molecule has 0 bridgehead atoms. The van der Waals surface area contributed by atoms with Crippen molar-refractivity contribution in [1.29, 1.82) is 0 Å². The van der Waals surface area contributed by atoms with E-state index in [0.717, 1.165) is 24.1 Å². The first-order chi connectivity index (χ1) is 14.5. The minimum absolute atomic E-state index is 0.0382. The Balaban J connectivity index is 2.13. The number of anilines is 1. The number of ether oxygens (including phenoxy) is 1. The Labute approximate surface area is 188 Å². The standard InChI is InChI=1S/C25H40N2O2S/c1-4-5-6-7-8-9-10-11-12-13-14-19-24(28)27-25(30)26-22-17-15-16-18-23(22)29-20-21(2)3/h15-18H,2,4-14,19-20H2,1,3H3,(H2,26,27,28,30). The summed E-state index contributed by atoms with van der Waals surface area (Å²) in [4.78, 5) is 12.1. The van der Waals surface area contributed by atoms with Crippen molar-refractivity contribution in [3.63, 3.8) is 0 Å². The molecule has 0 atom stereocenters. The van der Waals surface area contributed by atoms with Crippen LogP contribution < -0.4 is 15.4 Å². The van der Waals surface area contributed by atoms with Gasteiger partial charge in [0.1, 0.15) is 12.4 Å². The van der Waals surface area contributed by atoms with Crippen molar-refractivity contribution in [3.8, 4) is 5.75 Å². The topological polar surface area (TPSA) is 50.4 Å². The fourth-order valence-corrected chi connectivity index (χ4v) is 3.41. The van der Waals surface area contributed by atoms with E-state index >= 15 is 0 Å². The fraction of sp³-hybridized carbons (Fsp3) is 0.600. The predicted octanol–water partition coefficient (Wildman–Crippen LogP) is 7.16. The molecule has 0 fully saturated rings. The Morgan fingerprint density at radius 1 is 0.967 bits per heavy atom. The smallest absolute Gasteiger partial charge is 0.226 e. The van der Waals surface area contributed by atoms with Crippen LogP contribution in [0.1, 0.15) is 90.9 Å². The number of benzene rings is 1. The normalized spacial score (nSPS) is 10.5. The van der Waals surface area contributed by atoms with Crippen LogP contribution in [0.4, 0.5) is 5.69 Å². The zero-order chi connectivity index (χ0) is 22.0. The number of thiocarbonyl (C=S) groups is 1. The molecule has 0 aliphatic rings. The third-order valence-corrected chi connectivity index (χ3v) is 5.07. The van der Waals surface area contributed by atoms with Gasteiger partial charge in [-0.25, -0.2) is 0 Å². The Morgan fingerprint density at radius 2 is 1.53 bits per heavy atom. The van der Waals surface area contributed by atoms with Gasteiger partial charge in [0.2, 0.25) is 5.91 Å². The van der Waals surface area contributed by atoms with E-state index in [-0.39, 0.29) is 5.91 Å². The van der Waals surface area contributed by atoms with Crippen molar-refractivity contribution in [1.82, 2.24) is 5.32 Å². The van der Waals surface area contributed by atoms with E-state index in [1.165, 1.54) is 57.8 Å². The molecule has 0 aromatic heterocycles. The van der Waals surface area contributed by atoms with Crippen LogP contribution in [0.3, 0.4) is 0 Å². The summed E-state index contributed by atoms with van der Waals surface area (Å²) in [7, 11) is 0. The van der Waals surface area contributed by atoms with Crippen LogP contribution in [-0.4, -0.2) is 17.6 Å². The van der Waals surface area contributed by atoms with Crippen molar-refractivity contribution in [2.24, 2.45) is 0 Å². The largest absolute Gasteiger partial charge is 0.487 e. The minimum atomic E-state index is -0.0382. The molecule has 2 N–H and O–H groups in total. The van der Waals surface area contributed by atoms with Gasteiger partial charge in [-0.1, -0.05) is 89.8 Å². The number of hydrogen-bond acceptors (Lipinski definition) is 3. The molecule has 1 amide bonds. The SMILES string of the molecule is C=C(C)COc1ccccc1NC(=S)NC(=O)CCCCCCCCCCCCC. The fourth-order valence-electron chi connectivity index (χ4n) is 3.19. The Morgan fingerprint density at radius 3 is 2.13 bits per heavy atom. The van der Waals surface area contributed by atoms with Gasteiger partial charge in [-0.3, -0.25) is 4.79 Å². The second-order valence-electron chi connectivity index (χ2n) is 8.03. The molecule has 0 aliphatic carbocycles. The van der Waals surface area contributed by atoms with Gasteiger partial charge in [-0.05, 0) is 43.3 Å². The number of unbranched alkanes of at least 4 members (excludes halogenated alkanes) is 10. The lowest BCUT2D eigenvalue weighted by atomic mass is 10.1. The molecule has 0 saturated heterocycles. The summed E-state index contributed by atoms with van der Waals surface area (Å²) >= 11 is 5.28. The lowest BCUT2D eigenvalue weighted by Crippen LogP contribution is -2.34. The predicted molar refractivity (Wildman–Crippen MR) is 132 cm³/mol. The molecule has 4 nitrogen and oxygen atoms in total. The molecule has 0 spiro atoms. The minimum Gasteiger partial charge on any atom is -0.487 e. The van der Waals surface area contributed by atoms with E-state index in [1.807, 2.05) is 31.2 Å². The Bertz CT molecular complexity index is 646. The third-order valence-electron chi connectivity index (χ3n) is 4.87. The number of nitrogens with one attached hydrogen (secondary N) is 2. The van der Waals surface area contributed by atoms with Gasteiger partial charge < -0.3 is 15.4 Å². The molecule has 1 rings (SSSR count). The Hall–Kier alpha value is -1.88. The van der Waals surface area contributed by atoms with E-state index in [0.29, 0.717) is 23.9 Å². The van der Waals surface area contributed by atoms with E-state index < -0.39 is 0 Å². The highest BCUT2D eigenvalue weighted by Crippen LogP contribution is 2.24. The summed E-state index contributed by atoms with van der Waals surface area (Å²) in [6, 6.07) is 7.52. The van der Waals surface area contributed by atoms with Crippen LogP contribution in [0, 0.1) is 0 Å². The molecule has 0 saturated carbocycles. The zero-order valence-electron chi connectivity index (χ0n) is 18.9. The van der Waals surface area contributed by atoms with Crippen molar-refractivity contribution in [2.45, 2.75) is 90.9 Å². The number of amides is 1. The molecule has 1 aromatic carbocycles. The molecule has 0 heterocycles. The first-order valence-electron chi connectivity index (χ1n) is 11.5. The van der Waals surface area contributed by atoms with Gasteiger partial charge in [0, 0.05) is 6.42 Å². The van der Waals surface area contributed by atoms with E-state index in [1.54, 1.807) is 0 Å². The van der Waals surface area contributed by atoms with Crippen molar-refractivity contribution < 1.29 is 9.53 Å². The van der Waals surface area contributed by atoms with E-state index in [2.05, 4.69) is 24.1 Å². The summed E-state index contributed by atoms with van der Waals surface area (Å²) in [5, 5.41) is 6.12. The average molecular weight is 433 g/mol. The number of rotatable bonds is 16. The molecule has 0 unspecified atom stereocenters. The second kappa shape index (κ2) is 16.9. The summed E-state index contributed by atoms with van der Waals surface area (Å²) in [5.74, 6) is 0.645. The van der Waals surface area contributed by atoms with Gasteiger partial charge in [0.05, 0.1) is 5.69 Å². The van der Waals surface area contributed by atoms with Crippen molar-refractivity contribution in [2.75, 3.05) is 11.9 Å². The van der Waals surface area contributed by atoms with Gasteiger partial charge >= 0.3 is 0 Å². The van der Waals surface area contributed by atoms with E-state index in [4.69, 9.17) is 17.0 Å². The first-order valence-corrected chi connectivity index (χ1v) is 11.9. The van der Waals surface area contributed by atoms with Crippen LogP contribution in [0.5, 0.6) is 5.75 Å². The first kappa shape index (κ1) is 26.2. The third kappa shape index (κ3) is 13.4. The second-order valence-corrected chi connectivity index (χ2v) is 8.44. The van der Waals surface area contributed by atoms with Crippen LogP contribution in [0.25, 0.3) is 0 Å². The maximum atomic E-state index is 12.1. The lowest BCUT2D eigenvalue weighted by Gasteiger charge is -2.14. The van der Waals surface area contributed by atoms with Gasteiger partial charge in [0.25, 0.3) is 0 Å². The van der Waals surface area contributed by atoms with Crippen LogP contribution in [-0.2, 0) is 4.79 Å². The summed E-state index contributed by atoms with van der Waals surface area (Å²) in [5.41, 5.74) is 1.67. The number of hydrogen-bond donors (Lipinski definition) is 2. The number of para-hydroxylation sites is 2. The van der Waals surface area contributed by atoms with E-state index in [9.17, 15) is 4.79 Å². The molecule has 30 heavy (non-hydrogen) atoms. The highest BCUT2D eigenvalue weighted by Gasteiger charge is 2.08. The molecular formula is C25H40N2O2S. The number of carbonyl (C=O) groups excluding carboxylic acids is 1. The van der Waals surface area contributed by atoms with Crippen LogP contribution in [0.15, 0.2) is 36.4 Å². The highest BCUT2D eigenvalue weighted by molar-refractivity contribution is 7.80. The summed E-state index contributed by atoms with van der Waals surface area (Å²) < 4.78 is 5.71. The van der Waals surface area contributed by atoms with Crippen LogP contribution >= 0.6 is 12.2 Å². The highest BCUT2D eigenvalue weighted by atomic mass is 32.1. The number of carbonyl (C=O) groups is 1. The molecule has 1 aromatic rings. The van der Waals surface area contributed by atoms with Gasteiger partial charge in [0.15, 0.2) is 5.11 Å². The van der Waals surface area contributed by atoms with Gasteiger partial charge in [-0.15, -0.1) is 0 Å². The summed E-state index contributed by atoms with van der Waals surface area (Å²) in [6.07, 6.45) is 14.5.